The van der Waals surface area contributed by atoms with E-state index >= 15 is 0 Å². The number of ether oxygens (including phenoxy) is 4. The van der Waals surface area contributed by atoms with Crippen molar-refractivity contribution in [2.75, 3.05) is 6.61 Å². The third-order valence-corrected chi connectivity index (χ3v) is 7.60. The molecule has 3 heterocycles. The molecule has 2 aromatic rings. The van der Waals surface area contributed by atoms with E-state index in [-0.39, 0.29) is 18.5 Å². The lowest BCUT2D eigenvalue weighted by Gasteiger charge is -2.26. The zero-order valence-corrected chi connectivity index (χ0v) is 23.4. The number of nitrogens with two attached hydrogens (primary N) is 1. The Morgan fingerprint density at radius 3 is 2.46 bits per heavy atom. The van der Waals surface area contributed by atoms with E-state index in [1.165, 1.54) is 6.92 Å². The molecule has 212 valence electrons. The van der Waals surface area contributed by atoms with Crippen molar-refractivity contribution in [3.8, 4) is 5.75 Å². The van der Waals surface area contributed by atoms with Crippen molar-refractivity contribution < 1.29 is 46.7 Å². The van der Waals surface area contributed by atoms with Crippen LogP contribution in [0.2, 0.25) is 0 Å². The fraction of sp³-hybridized carbons (Fsp3) is 0.500. The molecule has 2 aliphatic heterocycles. The predicted molar refractivity (Wildman–Crippen MR) is 137 cm³/mol. The molecule has 1 aromatic heterocycles. The van der Waals surface area contributed by atoms with Crippen molar-refractivity contribution in [2.45, 2.75) is 77.1 Å². The van der Waals surface area contributed by atoms with Crippen LogP contribution < -0.4 is 19.9 Å². The van der Waals surface area contributed by atoms with Crippen molar-refractivity contribution in [3.05, 3.63) is 60.4 Å². The first kappa shape index (κ1) is 29.1. The number of esters is 1. The molecule has 39 heavy (non-hydrogen) atoms. The molecule has 0 spiro atoms. The number of nitrogens with zero attached hydrogens (tertiary/aromatic N) is 1. The molecule has 1 aromatic carbocycles. The van der Waals surface area contributed by atoms with E-state index in [0.717, 1.165) is 0 Å². The van der Waals surface area contributed by atoms with Gasteiger partial charge in [-0.2, -0.15) is 9.65 Å². The van der Waals surface area contributed by atoms with Crippen LogP contribution in [0.15, 0.2) is 54.9 Å². The predicted octanol–water partition coefficient (Wildman–Crippen LogP) is 2.62. The van der Waals surface area contributed by atoms with Crippen LogP contribution in [0, 0.1) is 0 Å². The highest BCUT2D eigenvalue weighted by Gasteiger charge is 2.59. The maximum Gasteiger partial charge on any atom is 0.459 e. The second-order valence-corrected chi connectivity index (χ2v) is 11.8. The molecule has 4 rings (SSSR count). The van der Waals surface area contributed by atoms with Gasteiger partial charge in [0, 0.05) is 6.07 Å². The molecule has 0 aliphatic carbocycles. The van der Waals surface area contributed by atoms with Crippen molar-refractivity contribution in [1.82, 2.24) is 5.09 Å². The summed E-state index contributed by atoms with van der Waals surface area (Å²) in [5, 5.41) is 2.66. The van der Waals surface area contributed by atoms with Crippen LogP contribution in [0.25, 0.3) is 0 Å². The Kier molecular flexibility index (Phi) is 8.75. The monoisotopic (exact) mass is 564 g/mol. The zero-order chi connectivity index (χ0) is 28.4. The number of nitrogens with one attached hydrogen (secondary N) is 1. The number of aromatic nitrogens is 1. The van der Waals surface area contributed by atoms with Crippen molar-refractivity contribution >= 4 is 19.6 Å². The number of rotatable bonds is 11. The van der Waals surface area contributed by atoms with Crippen LogP contribution in [0.4, 0.5) is 0 Å². The Bertz CT molecular complexity index is 1230. The van der Waals surface area contributed by atoms with Gasteiger partial charge in [-0.3, -0.25) is 14.1 Å². The third-order valence-electron chi connectivity index (χ3n) is 5.96. The number of pyridine rings is 1. The summed E-state index contributed by atoms with van der Waals surface area (Å²) in [7, 11) is -4.12. The topological polar surface area (TPSA) is 149 Å². The molecule has 0 radical (unpaired) electrons. The van der Waals surface area contributed by atoms with Gasteiger partial charge in [-0.15, -0.1) is 0 Å². The summed E-state index contributed by atoms with van der Waals surface area (Å²) in [4.78, 5) is 24.2. The number of primary amides is 1. The van der Waals surface area contributed by atoms with Crippen molar-refractivity contribution in [1.29, 1.82) is 0 Å². The minimum absolute atomic E-state index is 0.226. The summed E-state index contributed by atoms with van der Waals surface area (Å²) in [5.74, 6) is -1.84. The van der Waals surface area contributed by atoms with Gasteiger partial charge in [0.2, 0.25) is 0 Å². The first-order valence-corrected chi connectivity index (χ1v) is 14.2. The van der Waals surface area contributed by atoms with E-state index in [0.29, 0.717) is 5.56 Å². The van der Waals surface area contributed by atoms with Gasteiger partial charge in [-0.1, -0.05) is 18.2 Å². The molecule has 2 fully saturated rings. The van der Waals surface area contributed by atoms with Crippen LogP contribution in [0.3, 0.4) is 0 Å². The van der Waals surface area contributed by atoms with Crippen molar-refractivity contribution in [2.24, 2.45) is 5.73 Å². The number of amides is 1. The molecule has 1 amide bonds. The molecule has 2 unspecified atom stereocenters. The van der Waals surface area contributed by atoms with E-state index in [1.54, 1.807) is 87.1 Å². The Morgan fingerprint density at radius 1 is 1.10 bits per heavy atom. The van der Waals surface area contributed by atoms with Gasteiger partial charge in [0.25, 0.3) is 12.1 Å². The summed E-state index contributed by atoms with van der Waals surface area (Å²) in [6, 6.07) is 10.7. The van der Waals surface area contributed by atoms with Crippen LogP contribution in [-0.4, -0.2) is 54.7 Å². The molecule has 3 N–H and O–H groups in total. The van der Waals surface area contributed by atoms with Gasteiger partial charge in [0.05, 0.1) is 12.7 Å². The highest BCUT2D eigenvalue weighted by molar-refractivity contribution is 7.52. The van der Waals surface area contributed by atoms with E-state index in [1.807, 2.05) is 0 Å². The minimum Gasteiger partial charge on any atom is -0.462 e. The maximum absolute atomic E-state index is 13.9. The Balaban J connectivity index is 1.54. The molecule has 6 atom stereocenters. The van der Waals surface area contributed by atoms with Crippen LogP contribution in [0.1, 0.15) is 51.2 Å². The molecule has 0 saturated carbocycles. The largest absolute Gasteiger partial charge is 0.462 e. The molecule has 13 heteroatoms. The Labute approximate surface area is 227 Å². The van der Waals surface area contributed by atoms with Crippen LogP contribution in [-0.2, 0) is 32.8 Å². The molecular weight excluding hydrogens is 529 g/mol. The first-order valence-electron chi connectivity index (χ1n) is 12.6. The number of fused-ring (bicyclic) bond motifs is 1. The lowest BCUT2D eigenvalue weighted by atomic mass is 10.1. The highest BCUT2D eigenvalue weighted by Crippen LogP contribution is 2.47. The SMILES string of the molecule is CC(C)OC(=O)[C@H](C)NP(=O)(OCC1O[C@@H]([n+]2cccc(C(N)=O)c2)[C@@H]2OC(C)(C)O[C@H]12)Oc1ccccc1. The Morgan fingerprint density at radius 2 is 1.79 bits per heavy atom. The quantitative estimate of drug-likeness (QED) is 0.237. The summed E-state index contributed by atoms with van der Waals surface area (Å²) >= 11 is 0. The second kappa shape index (κ2) is 11.7. The first-order chi connectivity index (χ1) is 18.4. The molecule has 12 nitrogen and oxygen atoms in total. The van der Waals surface area contributed by atoms with Crippen LogP contribution in [0.5, 0.6) is 5.75 Å². The summed E-state index contributed by atoms with van der Waals surface area (Å²) in [6.07, 6.45) is 0.345. The second-order valence-electron chi connectivity index (χ2n) is 10.1. The standard InChI is InChI=1S/C26H34N3O9P/c1-16(2)34-25(31)17(3)28-39(32,38-19-11-7-6-8-12-19)33-15-20-21-22(37-26(4,5)36-21)24(35-20)29-13-9-10-18(14-29)23(27)30/h6-14,16-17,20-22,24H,15H2,1-5H3,(H2-,27,28,30,32)/p+1/t17-,20?,21+,22+,24+,39?/m0/s1. The van der Waals surface area contributed by atoms with Gasteiger partial charge in [0.15, 0.2) is 24.3 Å². The number of hydrogen-bond acceptors (Lipinski definition) is 9. The minimum atomic E-state index is -4.12. The average molecular weight is 565 g/mol. The van der Waals surface area contributed by atoms with Gasteiger partial charge in [-0.25, -0.2) is 4.57 Å². The van der Waals surface area contributed by atoms with E-state index < -0.39 is 56.0 Å². The number of carbonyl (C=O) groups is 2. The number of para-hydroxylation sites is 1. The smallest absolute Gasteiger partial charge is 0.459 e. The maximum atomic E-state index is 13.9. The van der Waals surface area contributed by atoms with Gasteiger partial charge >= 0.3 is 13.7 Å². The van der Waals surface area contributed by atoms with Crippen LogP contribution >= 0.6 is 7.75 Å². The lowest BCUT2D eigenvalue weighted by molar-refractivity contribution is -0.766. The zero-order valence-electron chi connectivity index (χ0n) is 22.5. The lowest BCUT2D eigenvalue weighted by Crippen LogP contribution is -2.46. The van der Waals surface area contributed by atoms with E-state index in [4.69, 9.17) is 33.7 Å². The highest BCUT2D eigenvalue weighted by atomic mass is 31.2. The van der Waals surface area contributed by atoms with E-state index in [9.17, 15) is 14.2 Å². The fourth-order valence-corrected chi connectivity index (χ4v) is 5.84. The van der Waals surface area contributed by atoms with E-state index in [2.05, 4.69) is 5.09 Å². The fourth-order valence-electron chi connectivity index (χ4n) is 4.34. The normalized spacial score (nSPS) is 26.0. The van der Waals surface area contributed by atoms with Gasteiger partial charge in [-0.05, 0) is 52.8 Å². The Hall–Kier alpha value is -2.86. The average Bonchev–Trinajstić information content (AvgIpc) is 3.35. The molecule has 0 bridgehead atoms. The number of carbonyl (C=O) groups excluding carboxylic acids is 2. The third kappa shape index (κ3) is 7.21. The number of benzene rings is 1. The number of hydrogen-bond donors (Lipinski definition) is 2. The summed E-state index contributed by atoms with van der Waals surface area (Å²) < 4.78 is 50.8. The summed E-state index contributed by atoms with van der Waals surface area (Å²) in [6.45, 7) is 8.26. The van der Waals surface area contributed by atoms with Gasteiger partial charge in [0.1, 0.15) is 29.6 Å². The summed E-state index contributed by atoms with van der Waals surface area (Å²) in [5.41, 5.74) is 5.75. The molecule has 2 aliphatic rings. The molecular formula is C26H35N3O9P+. The molecule has 2 saturated heterocycles. The van der Waals surface area contributed by atoms with Crippen molar-refractivity contribution in [3.63, 3.8) is 0 Å². The van der Waals surface area contributed by atoms with Gasteiger partial charge < -0.3 is 29.2 Å².